The van der Waals surface area contributed by atoms with Gasteiger partial charge in [-0.25, -0.2) is 0 Å². The monoisotopic (exact) mass is 246 g/mol. The Kier molecular flexibility index (Phi) is 3.18. The number of esters is 1. The van der Waals surface area contributed by atoms with Crippen molar-refractivity contribution < 1.29 is 14.5 Å². The van der Waals surface area contributed by atoms with E-state index in [1.54, 1.807) is 24.4 Å². The molecule has 1 aromatic heterocycles. The Hall–Kier alpha value is -2.50. The summed E-state index contributed by atoms with van der Waals surface area (Å²) in [6, 6.07) is 6.42. The van der Waals surface area contributed by atoms with Crippen LogP contribution in [-0.2, 0) is 16.0 Å². The van der Waals surface area contributed by atoms with Crippen molar-refractivity contribution in [3.63, 3.8) is 0 Å². The first-order valence-corrected chi connectivity index (χ1v) is 5.21. The number of hydrogen-bond donors (Lipinski definition) is 0. The lowest BCUT2D eigenvalue weighted by Gasteiger charge is -2.04. The molecule has 0 fully saturated rings. The van der Waals surface area contributed by atoms with E-state index in [-0.39, 0.29) is 12.1 Å². The fourth-order valence-corrected chi connectivity index (χ4v) is 1.77. The number of benzene rings is 1. The lowest BCUT2D eigenvalue weighted by Crippen LogP contribution is -2.07. The third-order valence-electron chi connectivity index (χ3n) is 2.59. The number of aromatic nitrogens is 1. The highest BCUT2D eigenvalue weighted by Crippen LogP contribution is 2.28. The number of nitro groups is 1. The maximum atomic E-state index is 11.2. The van der Waals surface area contributed by atoms with Crippen LogP contribution in [0.15, 0.2) is 30.5 Å². The fraction of sp³-hybridized carbons (Fsp3) is 0.167. The van der Waals surface area contributed by atoms with Gasteiger partial charge in [-0.2, -0.15) is 0 Å². The van der Waals surface area contributed by atoms with Crippen molar-refractivity contribution in [3.8, 4) is 0 Å². The zero-order chi connectivity index (χ0) is 13.1. The number of rotatable bonds is 3. The lowest BCUT2D eigenvalue weighted by molar-refractivity contribution is -0.383. The minimum absolute atomic E-state index is 0.0917. The summed E-state index contributed by atoms with van der Waals surface area (Å²) in [4.78, 5) is 25.9. The minimum atomic E-state index is -0.513. The highest BCUT2D eigenvalue weighted by molar-refractivity contribution is 5.91. The van der Waals surface area contributed by atoms with Crippen LogP contribution in [0, 0.1) is 10.1 Å². The van der Waals surface area contributed by atoms with E-state index in [0.29, 0.717) is 16.5 Å². The van der Waals surface area contributed by atoms with Crippen molar-refractivity contribution in [2.75, 3.05) is 7.11 Å². The summed E-state index contributed by atoms with van der Waals surface area (Å²) >= 11 is 0. The maximum absolute atomic E-state index is 11.2. The highest BCUT2D eigenvalue weighted by Gasteiger charge is 2.20. The fourth-order valence-electron chi connectivity index (χ4n) is 1.77. The molecular formula is C12H10N2O4. The summed E-state index contributed by atoms with van der Waals surface area (Å²) < 4.78 is 4.52. The van der Waals surface area contributed by atoms with Crippen molar-refractivity contribution in [1.29, 1.82) is 0 Å². The molecule has 6 nitrogen and oxygen atoms in total. The number of carbonyl (C=O) groups excluding carboxylic acids is 1. The molecule has 0 saturated carbocycles. The summed E-state index contributed by atoms with van der Waals surface area (Å²) in [5, 5.41) is 11.6. The quantitative estimate of drug-likeness (QED) is 0.469. The topological polar surface area (TPSA) is 82.3 Å². The Morgan fingerprint density at radius 1 is 1.44 bits per heavy atom. The normalized spacial score (nSPS) is 10.3. The SMILES string of the molecule is COC(=O)Cc1ccc2ncccc2c1[N+](=O)[O-]. The van der Waals surface area contributed by atoms with Gasteiger partial charge < -0.3 is 4.74 Å². The summed E-state index contributed by atoms with van der Waals surface area (Å²) in [7, 11) is 1.25. The first-order valence-electron chi connectivity index (χ1n) is 5.21. The van der Waals surface area contributed by atoms with Crippen LogP contribution in [0.1, 0.15) is 5.56 Å². The number of pyridine rings is 1. The molecule has 92 valence electrons. The first kappa shape index (κ1) is 12.0. The van der Waals surface area contributed by atoms with Crippen LogP contribution in [0.3, 0.4) is 0 Å². The molecule has 2 rings (SSSR count). The smallest absolute Gasteiger partial charge is 0.310 e. The van der Waals surface area contributed by atoms with E-state index < -0.39 is 10.9 Å². The van der Waals surface area contributed by atoms with Crippen LogP contribution in [0.4, 0.5) is 5.69 Å². The molecule has 2 aromatic rings. The largest absolute Gasteiger partial charge is 0.469 e. The zero-order valence-corrected chi connectivity index (χ0v) is 9.62. The van der Waals surface area contributed by atoms with Crippen LogP contribution >= 0.6 is 0 Å². The van der Waals surface area contributed by atoms with Gasteiger partial charge in [-0.05, 0) is 24.3 Å². The molecule has 0 aliphatic rings. The Morgan fingerprint density at radius 2 is 2.22 bits per heavy atom. The van der Waals surface area contributed by atoms with E-state index in [2.05, 4.69) is 9.72 Å². The van der Waals surface area contributed by atoms with Crippen LogP contribution < -0.4 is 0 Å². The van der Waals surface area contributed by atoms with Crippen LogP contribution in [0.25, 0.3) is 10.9 Å². The molecule has 0 saturated heterocycles. The summed E-state index contributed by atoms with van der Waals surface area (Å²) in [5.41, 5.74) is 0.760. The molecule has 6 heteroatoms. The molecule has 0 N–H and O–H groups in total. The van der Waals surface area contributed by atoms with Crippen molar-refractivity contribution in [3.05, 3.63) is 46.1 Å². The van der Waals surface area contributed by atoms with Crippen molar-refractivity contribution in [2.24, 2.45) is 0 Å². The van der Waals surface area contributed by atoms with Gasteiger partial charge in [0.1, 0.15) is 0 Å². The second kappa shape index (κ2) is 4.79. The van der Waals surface area contributed by atoms with Crippen molar-refractivity contribution in [2.45, 2.75) is 6.42 Å². The van der Waals surface area contributed by atoms with E-state index in [0.717, 1.165) is 0 Å². The molecule has 0 unspecified atom stereocenters. The molecule has 1 heterocycles. The second-order valence-electron chi connectivity index (χ2n) is 3.65. The molecule has 1 aromatic carbocycles. The van der Waals surface area contributed by atoms with Gasteiger partial charge in [-0.3, -0.25) is 19.9 Å². The molecule has 0 amide bonds. The van der Waals surface area contributed by atoms with Gasteiger partial charge in [0.05, 0.1) is 29.4 Å². The van der Waals surface area contributed by atoms with Crippen molar-refractivity contribution >= 4 is 22.6 Å². The van der Waals surface area contributed by atoms with Crippen LogP contribution in [-0.4, -0.2) is 23.0 Å². The number of ether oxygens (including phenoxy) is 1. The van der Waals surface area contributed by atoms with Crippen LogP contribution in [0.5, 0.6) is 0 Å². The predicted molar refractivity (Wildman–Crippen MR) is 64.1 cm³/mol. The van der Waals surface area contributed by atoms with E-state index in [1.165, 1.54) is 13.2 Å². The summed E-state index contributed by atoms with van der Waals surface area (Å²) in [5.74, 6) is -0.513. The highest BCUT2D eigenvalue weighted by atomic mass is 16.6. The first-order chi connectivity index (χ1) is 8.63. The molecule has 0 aliphatic carbocycles. The number of fused-ring (bicyclic) bond motifs is 1. The zero-order valence-electron chi connectivity index (χ0n) is 9.62. The number of hydrogen-bond acceptors (Lipinski definition) is 5. The number of nitrogens with zero attached hydrogens (tertiary/aromatic N) is 2. The van der Waals surface area contributed by atoms with Gasteiger partial charge in [0, 0.05) is 11.8 Å². The predicted octanol–water partition coefficient (Wildman–Crippen LogP) is 1.86. The molecular weight excluding hydrogens is 236 g/mol. The van der Waals surface area contributed by atoms with Gasteiger partial charge in [-0.1, -0.05) is 0 Å². The molecule has 0 aliphatic heterocycles. The Bertz CT molecular complexity index is 625. The third-order valence-corrected chi connectivity index (χ3v) is 2.59. The van der Waals surface area contributed by atoms with E-state index in [1.807, 2.05) is 0 Å². The second-order valence-corrected chi connectivity index (χ2v) is 3.65. The molecule has 0 bridgehead atoms. The Balaban J connectivity index is 2.63. The molecule has 0 radical (unpaired) electrons. The number of methoxy groups -OCH3 is 1. The summed E-state index contributed by atoms with van der Waals surface area (Å²) in [6.07, 6.45) is 1.43. The molecule has 18 heavy (non-hydrogen) atoms. The third kappa shape index (κ3) is 2.13. The number of carbonyl (C=O) groups is 1. The average molecular weight is 246 g/mol. The van der Waals surface area contributed by atoms with Gasteiger partial charge in [0.2, 0.25) is 0 Å². The van der Waals surface area contributed by atoms with Crippen LogP contribution in [0.2, 0.25) is 0 Å². The average Bonchev–Trinajstić information content (AvgIpc) is 2.37. The van der Waals surface area contributed by atoms with E-state index >= 15 is 0 Å². The Labute approximate surface area is 102 Å². The van der Waals surface area contributed by atoms with Gasteiger partial charge in [-0.15, -0.1) is 0 Å². The number of nitro benzene ring substituents is 1. The lowest BCUT2D eigenvalue weighted by atomic mass is 10.1. The van der Waals surface area contributed by atoms with Crippen molar-refractivity contribution in [1.82, 2.24) is 4.98 Å². The van der Waals surface area contributed by atoms with Gasteiger partial charge >= 0.3 is 5.97 Å². The Morgan fingerprint density at radius 3 is 2.89 bits per heavy atom. The maximum Gasteiger partial charge on any atom is 0.310 e. The molecule has 0 spiro atoms. The van der Waals surface area contributed by atoms with E-state index in [9.17, 15) is 14.9 Å². The van der Waals surface area contributed by atoms with Gasteiger partial charge in [0.15, 0.2) is 0 Å². The van der Waals surface area contributed by atoms with Gasteiger partial charge in [0.25, 0.3) is 5.69 Å². The summed E-state index contributed by atoms with van der Waals surface area (Å²) in [6.45, 7) is 0. The standard InChI is InChI=1S/C12H10N2O4/c1-18-11(15)7-8-4-5-10-9(3-2-6-13-10)12(8)14(16)17/h2-6H,7H2,1H3. The minimum Gasteiger partial charge on any atom is -0.469 e. The molecule has 0 atom stereocenters. The van der Waals surface area contributed by atoms with E-state index in [4.69, 9.17) is 0 Å².